The molecular weight excluding hydrogens is 294 g/mol. The number of anilines is 1. The van der Waals surface area contributed by atoms with Crippen LogP contribution in [0.4, 0.5) is 5.69 Å². The van der Waals surface area contributed by atoms with Crippen molar-refractivity contribution < 1.29 is 24.2 Å². The van der Waals surface area contributed by atoms with E-state index >= 15 is 0 Å². The molecule has 2 heterocycles. The maximum absolute atomic E-state index is 12.2. The molecule has 2 N–H and O–H groups in total. The summed E-state index contributed by atoms with van der Waals surface area (Å²) in [6, 6.07) is 0. The lowest BCUT2D eigenvalue weighted by Gasteiger charge is -2.03. The second-order valence-electron chi connectivity index (χ2n) is 4.38. The number of hydrogen-bond donors (Lipinski definition) is 2. The van der Waals surface area contributed by atoms with Gasteiger partial charge in [0.25, 0.3) is 5.91 Å². The Hall–Kier alpha value is -3.17. The van der Waals surface area contributed by atoms with E-state index < -0.39 is 17.8 Å². The number of aromatic nitrogens is 4. The summed E-state index contributed by atoms with van der Waals surface area (Å²) in [5, 5.41) is 19.2. The van der Waals surface area contributed by atoms with Crippen molar-refractivity contribution >= 4 is 23.5 Å². The van der Waals surface area contributed by atoms with E-state index in [1.54, 1.807) is 7.05 Å². The molecule has 1 amide bonds. The molecule has 2 aromatic heterocycles. The number of methoxy groups -OCH3 is 1. The maximum atomic E-state index is 12.2. The Morgan fingerprint density at radius 2 is 1.73 bits per heavy atom. The number of nitrogens with zero attached hydrogens (tertiary/aromatic N) is 4. The van der Waals surface area contributed by atoms with E-state index in [1.165, 1.54) is 35.9 Å². The minimum atomic E-state index is -1.28. The molecule has 0 atom stereocenters. The highest BCUT2D eigenvalue weighted by molar-refractivity contribution is 6.11. The van der Waals surface area contributed by atoms with Crippen molar-refractivity contribution in [2.75, 3.05) is 12.4 Å². The summed E-state index contributed by atoms with van der Waals surface area (Å²) in [6.45, 7) is 0. The molecule has 0 saturated heterocycles. The second kappa shape index (κ2) is 5.68. The highest BCUT2D eigenvalue weighted by Crippen LogP contribution is 2.16. The van der Waals surface area contributed by atoms with Gasteiger partial charge in [-0.3, -0.25) is 14.2 Å². The van der Waals surface area contributed by atoms with Gasteiger partial charge in [-0.1, -0.05) is 0 Å². The molecule has 10 nitrogen and oxygen atoms in total. The molecule has 116 valence electrons. The van der Waals surface area contributed by atoms with Gasteiger partial charge in [0.1, 0.15) is 5.56 Å². The third-order valence-electron chi connectivity index (χ3n) is 2.73. The monoisotopic (exact) mass is 307 g/mol. The lowest BCUT2D eigenvalue weighted by atomic mass is 10.2. The number of carboxylic acids is 1. The molecule has 0 fully saturated rings. The summed E-state index contributed by atoms with van der Waals surface area (Å²) in [5.41, 5.74) is -0.509. The lowest BCUT2D eigenvalue weighted by molar-refractivity contribution is 0.0593. The van der Waals surface area contributed by atoms with Crippen LogP contribution in [0.3, 0.4) is 0 Å². The number of esters is 1. The number of ether oxygens (including phenoxy) is 1. The van der Waals surface area contributed by atoms with Gasteiger partial charge in [-0.05, 0) is 0 Å². The average Bonchev–Trinajstić information content (AvgIpc) is 3.01. The molecule has 2 aromatic rings. The second-order valence-corrected chi connectivity index (χ2v) is 4.38. The van der Waals surface area contributed by atoms with Gasteiger partial charge in [-0.25, -0.2) is 9.59 Å². The molecule has 0 unspecified atom stereocenters. The van der Waals surface area contributed by atoms with Crippen molar-refractivity contribution in [2.24, 2.45) is 14.1 Å². The largest absolute Gasteiger partial charge is 0.478 e. The first kappa shape index (κ1) is 15.2. The number of nitrogens with one attached hydrogen (secondary N) is 1. The van der Waals surface area contributed by atoms with Crippen LogP contribution >= 0.6 is 0 Å². The van der Waals surface area contributed by atoms with Gasteiger partial charge < -0.3 is 15.2 Å². The van der Waals surface area contributed by atoms with Crippen LogP contribution in [0.15, 0.2) is 12.4 Å². The Kier molecular flexibility index (Phi) is 3.93. The number of carbonyl (C=O) groups is 3. The smallest absolute Gasteiger partial charge is 0.360 e. The predicted octanol–water partition coefficient (Wildman–Crippen LogP) is -0.109. The van der Waals surface area contributed by atoms with Crippen LogP contribution in [0.25, 0.3) is 0 Å². The van der Waals surface area contributed by atoms with Gasteiger partial charge in [0.05, 0.1) is 12.8 Å². The van der Waals surface area contributed by atoms with Crippen molar-refractivity contribution in [2.45, 2.75) is 0 Å². The maximum Gasteiger partial charge on any atom is 0.360 e. The van der Waals surface area contributed by atoms with Crippen LogP contribution < -0.4 is 5.32 Å². The fourth-order valence-electron chi connectivity index (χ4n) is 1.82. The lowest BCUT2D eigenvalue weighted by Crippen LogP contribution is -2.18. The van der Waals surface area contributed by atoms with Crippen LogP contribution in [0.5, 0.6) is 0 Å². The van der Waals surface area contributed by atoms with E-state index in [0.29, 0.717) is 0 Å². The zero-order valence-corrected chi connectivity index (χ0v) is 12.0. The Labute approximate surface area is 124 Å². The predicted molar refractivity (Wildman–Crippen MR) is 72.7 cm³/mol. The van der Waals surface area contributed by atoms with Crippen LogP contribution in [0.2, 0.25) is 0 Å². The van der Waals surface area contributed by atoms with Crippen molar-refractivity contribution in [3.8, 4) is 0 Å². The normalized spacial score (nSPS) is 10.3. The third kappa shape index (κ3) is 2.80. The molecule has 0 aliphatic rings. The first-order chi connectivity index (χ1) is 10.3. The molecule has 0 aliphatic heterocycles. The van der Waals surface area contributed by atoms with Crippen LogP contribution in [0.1, 0.15) is 31.3 Å². The van der Waals surface area contributed by atoms with Crippen LogP contribution in [-0.4, -0.2) is 49.6 Å². The SMILES string of the molecule is COC(=O)c1nn(C)cc1NC(=O)c1nn(C)cc1C(=O)O. The molecule has 0 aromatic carbocycles. The van der Waals surface area contributed by atoms with Crippen molar-refractivity contribution in [3.63, 3.8) is 0 Å². The Morgan fingerprint density at radius 3 is 2.32 bits per heavy atom. The fraction of sp³-hybridized carbons (Fsp3) is 0.250. The van der Waals surface area contributed by atoms with Crippen LogP contribution in [-0.2, 0) is 18.8 Å². The van der Waals surface area contributed by atoms with Gasteiger partial charge in [0.15, 0.2) is 11.4 Å². The van der Waals surface area contributed by atoms with Gasteiger partial charge >= 0.3 is 11.9 Å². The van der Waals surface area contributed by atoms with E-state index in [-0.39, 0.29) is 22.6 Å². The van der Waals surface area contributed by atoms with E-state index in [2.05, 4.69) is 20.3 Å². The van der Waals surface area contributed by atoms with Gasteiger partial charge in [0, 0.05) is 26.5 Å². The Morgan fingerprint density at radius 1 is 1.14 bits per heavy atom. The average molecular weight is 307 g/mol. The number of aromatic carboxylic acids is 1. The van der Waals surface area contributed by atoms with Crippen molar-refractivity contribution in [1.29, 1.82) is 0 Å². The summed E-state index contributed by atoms with van der Waals surface area (Å²) in [4.78, 5) is 34.9. The summed E-state index contributed by atoms with van der Waals surface area (Å²) >= 11 is 0. The summed E-state index contributed by atoms with van der Waals surface area (Å²) in [5.74, 6) is -2.77. The van der Waals surface area contributed by atoms with Crippen molar-refractivity contribution in [1.82, 2.24) is 19.6 Å². The zero-order valence-electron chi connectivity index (χ0n) is 12.0. The highest BCUT2D eigenvalue weighted by Gasteiger charge is 2.24. The number of amides is 1. The molecule has 22 heavy (non-hydrogen) atoms. The summed E-state index contributed by atoms with van der Waals surface area (Å²) < 4.78 is 7.09. The minimum absolute atomic E-state index is 0.0915. The summed E-state index contributed by atoms with van der Waals surface area (Å²) in [7, 11) is 4.24. The molecule has 0 saturated carbocycles. The van der Waals surface area contributed by atoms with Gasteiger partial charge in [-0.2, -0.15) is 10.2 Å². The number of carboxylic acid groups (broad SMARTS) is 1. The van der Waals surface area contributed by atoms with E-state index in [9.17, 15) is 14.4 Å². The van der Waals surface area contributed by atoms with E-state index in [4.69, 9.17) is 5.11 Å². The standard InChI is InChI=1S/C12H13N5O5/c1-16-4-6(11(19)20)8(14-16)10(18)13-7-5-17(2)15-9(7)12(21)22-3/h4-5H,1-3H3,(H,13,18)(H,19,20). The summed E-state index contributed by atoms with van der Waals surface area (Å²) in [6.07, 6.45) is 2.61. The molecule has 0 aliphatic carbocycles. The topological polar surface area (TPSA) is 128 Å². The minimum Gasteiger partial charge on any atom is -0.478 e. The number of aryl methyl sites for hydroxylation is 2. The zero-order chi connectivity index (χ0) is 16.4. The van der Waals surface area contributed by atoms with E-state index in [0.717, 1.165) is 0 Å². The first-order valence-electron chi connectivity index (χ1n) is 6.03. The number of carbonyl (C=O) groups excluding carboxylic acids is 2. The number of rotatable bonds is 4. The third-order valence-corrected chi connectivity index (χ3v) is 2.73. The molecule has 2 rings (SSSR count). The first-order valence-corrected chi connectivity index (χ1v) is 6.03. The van der Waals surface area contributed by atoms with Gasteiger partial charge in [-0.15, -0.1) is 0 Å². The fourth-order valence-corrected chi connectivity index (χ4v) is 1.82. The van der Waals surface area contributed by atoms with Gasteiger partial charge in [0.2, 0.25) is 0 Å². The van der Waals surface area contributed by atoms with Crippen molar-refractivity contribution in [3.05, 3.63) is 29.3 Å². The molecule has 0 spiro atoms. The molecule has 0 radical (unpaired) electrons. The van der Waals surface area contributed by atoms with Crippen LogP contribution in [0, 0.1) is 0 Å². The number of hydrogen-bond acceptors (Lipinski definition) is 6. The molecule has 10 heteroatoms. The molecular formula is C12H13N5O5. The van der Waals surface area contributed by atoms with E-state index in [1.807, 2.05) is 0 Å². The highest BCUT2D eigenvalue weighted by atomic mass is 16.5. The Balaban J connectivity index is 2.34. The molecule has 0 bridgehead atoms. The Bertz CT molecular complexity index is 760. The quantitative estimate of drug-likeness (QED) is 0.754.